The van der Waals surface area contributed by atoms with Crippen LogP contribution in [0.15, 0.2) is 0 Å². The fourth-order valence-electron chi connectivity index (χ4n) is 4.38. The number of fused-ring (bicyclic) bond motifs is 1. The molecule has 17 heavy (non-hydrogen) atoms. The van der Waals surface area contributed by atoms with Gasteiger partial charge < -0.3 is 10.0 Å². The highest BCUT2D eigenvalue weighted by atomic mass is 16.3. The third kappa shape index (κ3) is 2.68. The van der Waals surface area contributed by atoms with Crippen molar-refractivity contribution in [3.8, 4) is 0 Å². The molecule has 2 unspecified atom stereocenters. The first-order chi connectivity index (χ1) is 8.33. The molecule has 0 aromatic rings. The number of nitrogens with zero attached hydrogens (tertiary/aromatic N) is 1. The number of aliphatic hydroxyl groups excluding tert-OH is 1. The van der Waals surface area contributed by atoms with E-state index < -0.39 is 0 Å². The highest BCUT2D eigenvalue weighted by Crippen LogP contribution is 2.38. The summed E-state index contributed by atoms with van der Waals surface area (Å²) in [5.41, 5.74) is 0. The van der Waals surface area contributed by atoms with Gasteiger partial charge in [0.1, 0.15) is 0 Å². The quantitative estimate of drug-likeness (QED) is 0.758. The molecule has 0 spiro atoms. The Hall–Kier alpha value is -0.0800. The molecule has 1 N–H and O–H groups in total. The van der Waals surface area contributed by atoms with Crippen molar-refractivity contribution >= 4 is 0 Å². The van der Waals surface area contributed by atoms with E-state index in [2.05, 4.69) is 4.90 Å². The molecule has 1 saturated heterocycles. The summed E-state index contributed by atoms with van der Waals surface area (Å²) < 4.78 is 0. The van der Waals surface area contributed by atoms with Crippen LogP contribution in [0.3, 0.4) is 0 Å². The fraction of sp³-hybridized carbons (Fsp3) is 1.00. The van der Waals surface area contributed by atoms with Crippen molar-refractivity contribution in [1.29, 1.82) is 0 Å². The van der Waals surface area contributed by atoms with E-state index in [1.165, 1.54) is 58.0 Å². The first-order valence-electron chi connectivity index (χ1n) is 7.75. The van der Waals surface area contributed by atoms with Crippen LogP contribution in [0.25, 0.3) is 0 Å². The van der Waals surface area contributed by atoms with Crippen molar-refractivity contribution in [2.75, 3.05) is 13.1 Å². The van der Waals surface area contributed by atoms with E-state index in [9.17, 15) is 5.11 Å². The van der Waals surface area contributed by atoms with Gasteiger partial charge in [-0.1, -0.05) is 19.3 Å². The molecule has 0 bridgehead atoms. The van der Waals surface area contributed by atoms with Crippen LogP contribution < -0.4 is 0 Å². The smallest absolute Gasteiger partial charge is 0.0541 e. The van der Waals surface area contributed by atoms with Crippen molar-refractivity contribution in [3.63, 3.8) is 0 Å². The molecule has 1 heterocycles. The lowest BCUT2D eigenvalue weighted by Gasteiger charge is -2.45. The average molecular weight is 237 g/mol. The predicted octanol–water partition coefficient (Wildman–Crippen LogP) is 2.80. The van der Waals surface area contributed by atoms with E-state index in [1.54, 1.807) is 0 Å². The first kappa shape index (κ1) is 12.0. The number of likely N-dealkylation sites (tertiary alicyclic amines) is 1. The van der Waals surface area contributed by atoms with Gasteiger partial charge in [0.05, 0.1) is 6.10 Å². The summed E-state index contributed by atoms with van der Waals surface area (Å²) >= 11 is 0. The standard InChI is InChI=1S/C15H27NO/c17-15-7-5-14(6-8-15)16-10-9-12-3-1-2-4-13(12)11-16/h12-15,17H,1-11H2. The van der Waals surface area contributed by atoms with Gasteiger partial charge >= 0.3 is 0 Å². The first-order valence-corrected chi connectivity index (χ1v) is 7.75. The van der Waals surface area contributed by atoms with Gasteiger partial charge in [0.2, 0.25) is 0 Å². The van der Waals surface area contributed by atoms with E-state index in [4.69, 9.17) is 0 Å². The Morgan fingerprint density at radius 1 is 0.765 bits per heavy atom. The van der Waals surface area contributed by atoms with Gasteiger partial charge in [-0.15, -0.1) is 0 Å². The molecule has 2 nitrogen and oxygen atoms in total. The lowest BCUT2D eigenvalue weighted by atomic mass is 9.74. The molecular formula is C15H27NO. The zero-order chi connectivity index (χ0) is 11.7. The van der Waals surface area contributed by atoms with Crippen LogP contribution in [0, 0.1) is 11.8 Å². The molecule has 0 radical (unpaired) electrons. The van der Waals surface area contributed by atoms with Crippen LogP contribution in [0.2, 0.25) is 0 Å². The predicted molar refractivity (Wildman–Crippen MR) is 69.9 cm³/mol. The SMILES string of the molecule is OC1CCC(N2CCC3CCCCC3C2)CC1. The van der Waals surface area contributed by atoms with Crippen LogP contribution in [0.5, 0.6) is 0 Å². The second-order valence-electron chi connectivity index (χ2n) is 6.55. The maximum Gasteiger partial charge on any atom is 0.0541 e. The number of rotatable bonds is 1. The Bertz CT molecular complexity index is 247. The second kappa shape index (κ2) is 5.27. The molecule has 0 amide bonds. The summed E-state index contributed by atoms with van der Waals surface area (Å²) in [5, 5.41) is 9.59. The van der Waals surface area contributed by atoms with Crippen LogP contribution in [-0.2, 0) is 0 Å². The number of piperidine rings is 1. The molecule has 3 aliphatic rings. The van der Waals surface area contributed by atoms with Crippen LogP contribution >= 0.6 is 0 Å². The van der Waals surface area contributed by atoms with E-state index in [1.807, 2.05) is 0 Å². The van der Waals surface area contributed by atoms with Crippen LogP contribution in [-0.4, -0.2) is 35.2 Å². The molecule has 0 aromatic heterocycles. The number of hydrogen-bond donors (Lipinski definition) is 1. The van der Waals surface area contributed by atoms with Gasteiger partial charge in [-0.2, -0.15) is 0 Å². The third-order valence-corrected chi connectivity index (χ3v) is 5.51. The highest BCUT2D eigenvalue weighted by Gasteiger charge is 2.34. The van der Waals surface area contributed by atoms with Crippen LogP contribution in [0.1, 0.15) is 57.8 Å². The van der Waals surface area contributed by atoms with Gasteiger partial charge in [0.15, 0.2) is 0 Å². The van der Waals surface area contributed by atoms with Crippen LogP contribution in [0.4, 0.5) is 0 Å². The Kier molecular flexibility index (Phi) is 3.72. The molecule has 3 rings (SSSR count). The summed E-state index contributed by atoms with van der Waals surface area (Å²) in [6.45, 7) is 2.70. The molecule has 0 aromatic carbocycles. The van der Waals surface area contributed by atoms with Crippen molar-refractivity contribution in [2.24, 2.45) is 11.8 Å². The highest BCUT2D eigenvalue weighted by molar-refractivity contribution is 4.88. The minimum absolute atomic E-state index is 0.00142. The van der Waals surface area contributed by atoms with Gasteiger partial charge in [-0.3, -0.25) is 0 Å². The van der Waals surface area contributed by atoms with Gasteiger partial charge in [-0.25, -0.2) is 0 Å². The van der Waals surface area contributed by atoms with Crippen molar-refractivity contribution in [3.05, 3.63) is 0 Å². The van der Waals surface area contributed by atoms with Crippen molar-refractivity contribution < 1.29 is 5.11 Å². The van der Waals surface area contributed by atoms with Gasteiger partial charge in [0, 0.05) is 12.6 Å². The largest absolute Gasteiger partial charge is 0.393 e. The minimum Gasteiger partial charge on any atom is -0.393 e. The molecule has 2 aliphatic carbocycles. The normalized spacial score (nSPS) is 44.3. The lowest BCUT2D eigenvalue weighted by Crippen LogP contribution is -2.48. The molecule has 98 valence electrons. The topological polar surface area (TPSA) is 23.5 Å². The number of aliphatic hydroxyl groups is 1. The van der Waals surface area contributed by atoms with E-state index in [-0.39, 0.29) is 6.10 Å². The summed E-state index contributed by atoms with van der Waals surface area (Å²) in [7, 11) is 0. The summed E-state index contributed by atoms with van der Waals surface area (Å²) in [6.07, 6.45) is 11.9. The molecule has 2 heteroatoms. The maximum atomic E-state index is 9.59. The van der Waals surface area contributed by atoms with E-state index in [0.717, 1.165) is 30.7 Å². The second-order valence-corrected chi connectivity index (χ2v) is 6.55. The van der Waals surface area contributed by atoms with E-state index in [0.29, 0.717) is 0 Å². The molecule has 2 atom stereocenters. The minimum atomic E-state index is -0.00142. The lowest BCUT2D eigenvalue weighted by molar-refractivity contribution is 0.0220. The van der Waals surface area contributed by atoms with E-state index >= 15 is 0 Å². The average Bonchev–Trinajstić information content (AvgIpc) is 2.39. The Morgan fingerprint density at radius 3 is 2.24 bits per heavy atom. The summed E-state index contributed by atoms with van der Waals surface area (Å²) in [5.74, 6) is 2.05. The molecule has 2 saturated carbocycles. The number of hydrogen-bond acceptors (Lipinski definition) is 2. The Labute approximate surface area is 105 Å². The summed E-state index contributed by atoms with van der Waals surface area (Å²) in [6, 6.07) is 0.793. The van der Waals surface area contributed by atoms with Gasteiger partial charge in [-0.05, 0) is 56.9 Å². The van der Waals surface area contributed by atoms with Crippen molar-refractivity contribution in [1.82, 2.24) is 4.90 Å². The zero-order valence-corrected chi connectivity index (χ0v) is 11.0. The Balaban J connectivity index is 1.54. The molecule has 1 aliphatic heterocycles. The van der Waals surface area contributed by atoms with Crippen molar-refractivity contribution in [2.45, 2.75) is 69.9 Å². The third-order valence-electron chi connectivity index (χ3n) is 5.51. The maximum absolute atomic E-state index is 9.59. The Morgan fingerprint density at radius 2 is 1.47 bits per heavy atom. The summed E-state index contributed by atoms with van der Waals surface area (Å²) in [4.78, 5) is 2.76. The van der Waals surface area contributed by atoms with Gasteiger partial charge in [0.25, 0.3) is 0 Å². The molecule has 3 fully saturated rings. The zero-order valence-electron chi connectivity index (χ0n) is 11.0. The monoisotopic (exact) mass is 237 g/mol. The fourth-order valence-corrected chi connectivity index (χ4v) is 4.38. The molecular weight excluding hydrogens is 210 g/mol.